The summed E-state index contributed by atoms with van der Waals surface area (Å²) in [6.07, 6.45) is 1.66. The van der Waals surface area contributed by atoms with E-state index in [2.05, 4.69) is 28.2 Å². The van der Waals surface area contributed by atoms with Crippen LogP contribution in [0.3, 0.4) is 0 Å². The lowest BCUT2D eigenvalue weighted by molar-refractivity contribution is -0.169. The van der Waals surface area contributed by atoms with Gasteiger partial charge in [-0.25, -0.2) is 4.98 Å². The number of ether oxygens (including phenoxy) is 3. The molecule has 1 spiro atoms. The first-order valence-electron chi connectivity index (χ1n) is 9.37. The molecule has 144 valence electrons. The Morgan fingerprint density at radius 2 is 1.81 bits per heavy atom. The SMILES string of the molecule is COc1ccc(C)cc1Nc1cc(C)nc(N2CCC3(CC2)OCCO3)n1. The molecule has 2 aliphatic heterocycles. The standard InChI is InChI=1S/C20H26N4O3/c1-14-4-5-17(25-3)16(12-14)22-18-13-15(2)21-19(23-18)24-8-6-20(7-9-24)26-10-11-27-20/h4-5,12-13H,6-11H2,1-3H3,(H,21,22,23). The van der Waals surface area contributed by atoms with Gasteiger partial charge in [0, 0.05) is 37.7 Å². The number of anilines is 3. The molecule has 4 rings (SSSR count). The Morgan fingerprint density at radius 1 is 1.07 bits per heavy atom. The molecule has 2 aromatic rings. The largest absolute Gasteiger partial charge is 0.495 e. The Labute approximate surface area is 159 Å². The Balaban J connectivity index is 1.53. The highest BCUT2D eigenvalue weighted by Gasteiger charge is 2.40. The molecule has 0 aliphatic carbocycles. The first-order valence-corrected chi connectivity index (χ1v) is 9.37. The maximum Gasteiger partial charge on any atom is 0.227 e. The second-order valence-corrected chi connectivity index (χ2v) is 7.12. The molecule has 2 fully saturated rings. The number of nitrogens with zero attached hydrogens (tertiary/aromatic N) is 3. The van der Waals surface area contributed by atoms with Crippen LogP contribution >= 0.6 is 0 Å². The monoisotopic (exact) mass is 370 g/mol. The van der Waals surface area contributed by atoms with Crippen LogP contribution in [0.25, 0.3) is 0 Å². The van der Waals surface area contributed by atoms with Crippen LogP contribution in [-0.2, 0) is 9.47 Å². The molecular formula is C20H26N4O3. The van der Waals surface area contributed by atoms with E-state index in [-0.39, 0.29) is 0 Å². The van der Waals surface area contributed by atoms with Crippen molar-refractivity contribution >= 4 is 17.5 Å². The molecule has 7 nitrogen and oxygen atoms in total. The number of hydrogen-bond acceptors (Lipinski definition) is 7. The van der Waals surface area contributed by atoms with E-state index in [1.807, 2.05) is 25.1 Å². The molecule has 0 radical (unpaired) electrons. The topological polar surface area (TPSA) is 68.7 Å². The molecule has 1 N–H and O–H groups in total. The fourth-order valence-corrected chi connectivity index (χ4v) is 3.65. The normalized spacial score (nSPS) is 18.7. The molecule has 0 atom stereocenters. The summed E-state index contributed by atoms with van der Waals surface area (Å²) in [5.74, 6) is 1.89. The van der Waals surface area contributed by atoms with Crippen LogP contribution in [-0.4, -0.2) is 49.2 Å². The van der Waals surface area contributed by atoms with Crippen LogP contribution in [0, 0.1) is 13.8 Å². The van der Waals surface area contributed by atoms with Crippen LogP contribution in [0.4, 0.5) is 17.5 Å². The van der Waals surface area contributed by atoms with E-state index in [0.717, 1.165) is 60.4 Å². The van der Waals surface area contributed by atoms with Gasteiger partial charge in [-0.3, -0.25) is 0 Å². The summed E-state index contributed by atoms with van der Waals surface area (Å²) < 4.78 is 17.1. The van der Waals surface area contributed by atoms with E-state index in [0.29, 0.717) is 13.2 Å². The molecule has 0 saturated carbocycles. The molecule has 2 aliphatic rings. The zero-order chi connectivity index (χ0) is 18.9. The van der Waals surface area contributed by atoms with E-state index in [4.69, 9.17) is 19.2 Å². The lowest BCUT2D eigenvalue weighted by Crippen LogP contribution is -2.45. The summed E-state index contributed by atoms with van der Waals surface area (Å²) in [4.78, 5) is 11.6. The maximum absolute atomic E-state index is 5.81. The Kier molecular flexibility index (Phi) is 4.88. The number of benzene rings is 1. The smallest absolute Gasteiger partial charge is 0.227 e. The highest BCUT2D eigenvalue weighted by atomic mass is 16.7. The summed E-state index contributed by atoms with van der Waals surface area (Å²) in [5, 5.41) is 3.38. The first-order chi connectivity index (χ1) is 13.1. The number of rotatable bonds is 4. The number of aromatic nitrogens is 2. The Morgan fingerprint density at radius 3 is 2.52 bits per heavy atom. The molecule has 3 heterocycles. The summed E-state index contributed by atoms with van der Waals surface area (Å²) in [6, 6.07) is 7.98. The fourth-order valence-electron chi connectivity index (χ4n) is 3.65. The van der Waals surface area contributed by atoms with Crippen LogP contribution < -0.4 is 15.0 Å². The summed E-state index contributed by atoms with van der Waals surface area (Å²) in [5.41, 5.74) is 2.97. The lowest BCUT2D eigenvalue weighted by Gasteiger charge is -2.37. The van der Waals surface area contributed by atoms with Gasteiger partial charge >= 0.3 is 0 Å². The third-order valence-corrected chi connectivity index (χ3v) is 5.08. The van der Waals surface area contributed by atoms with E-state index in [1.54, 1.807) is 7.11 Å². The van der Waals surface area contributed by atoms with Gasteiger partial charge in [-0.2, -0.15) is 4.98 Å². The van der Waals surface area contributed by atoms with Gasteiger partial charge in [0.2, 0.25) is 5.95 Å². The predicted octanol–water partition coefficient (Wildman–Crippen LogP) is 3.19. The van der Waals surface area contributed by atoms with Crippen molar-refractivity contribution < 1.29 is 14.2 Å². The van der Waals surface area contributed by atoms with E-state index in [9.17, 15) is 0 Å². The van der Waals surface area contributed by atoms with E-state index in [1.165, 1.54) is 0 Å². The average Bonchev–Trinajstić information content (AvgIpc) is 3.10. The molecule has 27 heavy (non-hydrogen) atoms. The highest BCUT2D eigenvalue weighted by Crippen LogP contribution is 2.33. The minimum atomic E-state index is -0.393. The minimum Gasteiger partial charge on any atom is -0.495 e. The molecular weight excluding hydrogens is 344 g/mol. The van der Waals surface area contributed by atoms with Crippen molar-refractivity contribution in [3.05, 3.63) is 35.5 Å². The number of nitrogens with one attached hydrogen (secondary N) is 1. The van der Waals surface area contributed by atoms with Crippen molar-refractivity contribution in [2.45, 2.75) is 32.5 Å². The van der Waals surface area contributed by atoms with Crippen LogP contribution in [0.5, 0.6) is 5.75 Å². The molecule has 2 saturated heterocycles. The van der Waals surface area contributed by atoms with Gasteiger partial charge < -0.3 is 24.4 Å². The van der Waals surface area contributed by atoms with E-state index >= 15 is 0 Å². The zero-order valence-corrected chi connectivity index (χ0v) is 16.1. The number of methoxy groups -OCH3 is 1. The molecule has 0 unspecified atom stereocenters. The quantitative estimate of drug-likeness (QED) is 0.886. The van der Waals surface area contributed by atoms with Crippen molar-refractivity contribution in [2.75, 3.05) is 43.6 Å². The second-order valence-electron chi connectivity index (χ2n) is 7.12. The molecule has 7 heteroatoms. The van der Waals surface area contributed by atoms with Crippen molar-refractivity contribution in [3.63, 3.8) is 0 Å². The zero-order valence-electron chi connectivity index (χ0n) is 16.1. The van der Waals surface area contributed by atoms with Gasteiger partial charge in [-0.15, -0.1) is 0 Å². The summed E-state index contributed by atoms with van der Waals surface area (Å²) in [6.45, 7) is 7.05. The number of piperidine rings is 1. The van der Waals surface area contributed by atoms with Crippen LogP contribution in [0.1, 0.15) is 24.1 Å². The van der Waals surface area contributed by atoms with Crippen molar-refractivity contribution in [2.24, 2.45) is 0 Å². The van der Waals surface area contributed by atoms with E-state index < -0.39 is 5.79 Å². The number of aryl methyl sites for hydroxylation is 2. The minimum absolute atomic E-state index is 0.393. The first kappa shape index (κ1) is 18.0. The maximum atomic E-state index is 5.81. The van der Waals surface area contributed by atoms with Crippen LogP contribution in [0.15, 0.2) is 24.3 Å². The van der Waals surface area contributed by atoms with Gasteiger partial charge in [0.1, 0.15) is 11.6 Å². The lowest BCUT2D eigenvalue weighted by atomic mass is 10.0. The second kappa shape index (κ2) is 7.32. The summed E-state index contributed by atoms with van der Waals surface area (Å²) >= 11 is 0. The Hall–Kier alpha value is -2.38. The Bertz CT molecular complexity index is 811. The third kappa shape index (κ3) is 3.84. The summed E-state index contributed by atoms with van der Waals surface area (Å²) in [7, 11) is 1.67. The fraction of sp³-hybridized carbons (Fsp3) is 0.500. The average molecular weight is 370 g/mol. The molecule has 1 aromatic heterocycles. The predicted molar refractivity (Wildman–Crippen MR) is 104 cm³/mol. The van der Waals surface area contributed by atoms with Gasteiger partial charge in [0.15, 0.2) is 5.79 Å². The van der Waals surface area contributed by atoms with Gasteiger partial charge in [-0.05, 0) is 31.5 Å². The molecule has 1 aromatic carbocycles. The molecule has 0 amide bonds. The van der Waals surface area contributed by atoms with Crippen molar-refractivity contribution in [3.8, 4) is 5.75 Å². The van der Waals surface area contributed by atoms with Crippen molar-refractivity contribution in [1.82, 2.24) is 9.97 Å². The van der Waals surface area contributed by atoms with Crippen molar-refractivity contribution in [1.29, 1.82) is 0 Å². The highest BCUT2D eigenvalue weighted by molar-refractivity contribution is 5.66. The van der Waals surface area contributed by atoms with Gasteiger partial charge in [-0.1, -0.05) is 6.07 Å². The number of hydrogen-bond donors (Lipinski definition) is 1. The van der Waals surface area contributed by atoms with Gasteiger partial charge in [0.25, 0.3) is 0 Å². The van der Waals surface area contributed by atoms with Gasteiger partial charge in [0.05, 0.1) is 26.0 Å². The third-order valence-electron chi connectivity index (χ3n) is 5.08. The molecule has 0 bridgehead atoms. The van der Waals surface area contributed by atoms with Crippen LogP contribution in [0.2, 0.25) is 0 Å².